The first-order valence-electron chi connectivity index (χ1n) is 9.32. The number of hydrogen-bond acceptors (Lipinski definition) is 6. The third-order valence-electron chi connectivity index (χ3n) is 4.43. The number of carbonyl (C=O) groups is 2. The molecule has 2 aromatic carbocycles. The number of aryl methyl sites for hydroxylation is 1. The van der Waals surface area contributed by atoms with E-state index in [0.29, 0.717) is 17.3 Å². The van der Waals surface area contributed by atoms with E-state index < -0.39 is 21.8 Å². The first kappa shape index (κ1) is 22.2. The number of sulfonamides is 1. The predicted molar refractivity (Wildman–Crippen MR) is 113 cm³/mol. The summed E-state index contributed by atoms with van der Waals surface area (Å²) in [4.78, 5) is 28.9. The van der Waals surface area contributed by atoms with Gasteiger partial charge in [0.1, 0.15) is 5.76 Å². The number of hydrazine groups is 1. The average Bonchev–Trinajstić information content (AvgIpc) is 3.12. The minimum Gasteiger partial charge on any atom is -0.441 e. The van der Waals surface area contributed by atoms with Gasteiger partial charge in [0.15, 0.2) is 0 Å². The van der Waals surface area contributed by atoms with Gasteiger partial charge in [0.05, 0.1) is 17.0 Å². The molecule has 0 atom stereocenters. The van der Waals surface area contributed by atoms with Crippen LogP contribution in [0, 0.1) is 6.92 Å². The number of hydrogen-bond donors (Lipinski definition) is 2. The molecule has 3 aromatic rings. The van der Waals surface area contributed by atoms with Crippen LogP contribution >= 0.6 is 0 Å². The smallest absolute Gasteiger partial charge is 0.269 e. The molecular weight excluding hydrogens is 420 g/mol. The summed E-state index contributed by atoms with van der Waals surface area (Å²) in [6.45, 7) is 1.71. The maximum Gasteiger partial charge on any atom is 0.269 e. The molecule has 162 valence electrons. The minimum absolute atomic E-state index is 0.0249. The third-order valence-corrected chi connectivity index (χ3v) is 6.24. The van der Waals surface area contributed by atoms with Crippen LogP contribution in [0.25, 0.3) is 11.5 Å². The van der Waals surface area contributed by atoms with Crippen LogP contribution in [0.1, 0.15) is 21.8 Å². The van der Waals surface area contributed by atoms with Gasteiger partial charge < -0.3 is 4.42 Å². The first-order valence-corrected chi connectivity index (χ1v) is 10.8. The molecule has 2 amide bonds. The van der Waals surface area contributed by atoms with Gasteiger partial charge in [-0.15, -0.1) is 0 Å². The Labute approximate surface area is 180 Å². The highest BCUT2D eigenvalue weighted by Crippen LogP contribution is 2.21. The fourth-order valence-electron chi connectivity index (χ4n) is 2.70. The summed E-state index contributed by atoms with van der Waals surface area (Å²) in [6, 6.07) is 14.8. The Hall–Kier alpha value is -3.50. The lowest BCUT2D eigenvalue weighted by atomic mass is 10.2. The number of amides is 2. The largest absolute Gasteiger partial charge is 0.441 e. The van der Waals surface area contributed by atoms with Crippen molar-refractivity contribution in [3.05, 3.63) is 71.6 Å². The number of benzene rings is 2. The van der Waals surface area contributed by atoms with Crippen LogP contribution in [0.3, 0.4) is 0 Å². The molecule has 0 aliphatic heterocycles. The Kier molecular flexibility index (Phi) is 6.52. The van der Waals surface area contributed by atoms with Gasteiger partial charge in [-0.1, -0.05) is 24.3 Å². The van der Waals surface area contributed by atoms with Gasteiger partial charge in [-0.3, -0.25) is 20.4 Å². The van der Waals surface area contributed by atoms with Crippen molar-refractivity contribution in [2.24, 2.45) is 0 Å². The third kappa shape index (κ3) is 5.16. The zero-order valence-electron chi connectivity index (χ0n) is 17.2. The topological polar surface area (TPSA) is 122 Å². The molecule has 10 heteroatoms. The number of carbonyl (C=O) groups excluding carboxylic acids is 2. The molecular formula is C21H22N4O5S. The van der Waals surface area contributed by atoms with Crippen LogP contribution in [0.5, 0.6) is 0 Å². The molecule has 1 aromatic heterocycles. The maximum absolute atomic E-state index is 12.3. The molecule has 0 radical (unpaired) electrons. The van der Waals surface area contributed by atoms with Crippen molar-refractivity contribution >= 4 is 21.8 Å². The molecule has 0 aliphatic rings. The van der Waals surface area contributed by atoms with Gasteiger partial charge in [0.25, 0.3) is 5.91 Å². The molecule has 0 saturated heterocycles. The summed E-state index contributed by atoms with van der Waals surface area (Å²) in [6.07, 6.45) is -0.0997. The van der Waals surface area contributed by atoms with E-state index in [9.17, 15) is 18.0 Å². The van der Waals surface area contributed by atoms with E-state index >= 15 is 0 Å². The van der Waals surface area contributed by atoms with Crippen LogP contribution < -0.4 is 10.9 Å². The lowest BCUT2D eigenvalue weighted by Gasteiger charge is -2.12. The van der Waals surface area contributed by atoms with E-state index in [1.807, 2.05) is 30.3 Å². The van der Waals surface area contributed by atoms with Crippen molar-refractivity contribution in [1.82, 2.24) is 20.1 Å². The lowest BCUT2D eigenvalue weighted by Crippen LogP contribution is -2.42. The van der Waals surface area contributed by atoms with Crippen molar-refractivity contribution in [3.8, 4) is 11.5 Å². The van der Waals surface area contributed by atoms with E-state index in [4.69, 9.17) is 4.42 Å². The van der Waals surface area contributed by atoms with Crippen LogP contribution in [-0.4, -0.2) is 43.6 Å². The van der Waals surface area contributed by atoms with Crippen molar-refractivity contribution in [3.63, 3.8) is 0 Å². The zero-order chi connectivity index (χ0) is 22.6. The maximum atomic E-state index is 12.3. The van der Waals surface area contributed by atoms with E-state index in [1.54, 1.807) is 6.92 Å². The van der Waals surface area contributed by atoms with Gasteiger partial charge >= 0.3 is 0 Å². The second kappa shape index (κ2) is 9.11. The van der Waals surface area contributed by atoms with Gasteiger partial charge in [0, 0.05) is 25.2 Å². The molecule has 0 spiro atoms. The zero-order valence-corrected chi connectivity index (χ0v) is 18.1. The van der Waals surface area contributed by atoms with Gasteiger partial charge in [-0.25, -0.2) is 17.7 Å². The summed E-state index contributed by atoms with van der Waals surface area (Å²) in [5, 5.41) is 0. The van der Waals surface area contributed by atoms with Gasteiger partial charge in [-0.2, -0.15) is 0 Å². The standard InChI is InChI=1S/C21H22N4O5S/c1-14-18(22-21(30-14)15-8-5-4-6-9-15)13-19(26)23-24-20(27)16-10-7-11-17(12-16)31(28,29)25(2)3/h4-12H,13H2,1-3H3,(H,23,26)(H,24,27). The number of rotatable bonds is 6. The van der Waals surface area contributed by atoms with Crippen molar-refractivity contribution in [2.45, 2.75) is 18.2 Å². The highest BCUT2D eigenvalue weighted by molar-refractivity contribution is 7.89. The van der Waals surface area contributed by atoms with E-state index in [0.717, 1.165) is 9.87 Å². The Morgan fingerprint density at radius 1 is 1.03 bits per heavy atom. The van der Waals surface area contributed by atoms with Crippen LogP contribution in [0.15, 0.2) is 63.9 Å². The quantitative estimate of drug-likeness (QED) is 0.563. The molecule has 0 unspecified atom stereocenters. The normalized spacial score (nSPS) is 11.4. The number of nitrogens with one attached hydrogen (secondary N) is 2. The summed E-state index contributed by atoms with van der Waals surface area (Å²) in [7, 11) is -0.883. The van der Waals surface area contributed by atoms with Crippen LogP contribution in [0.4, 0.5) is 0 Å². The van der Waals surface area contributed by atoms with Crippen LogP contribution in [0.2, 0.25) is 0 Å². The average molecular weight is 442 g/mol. The van der Waals surface area contributed by atoms with Crippen molar-refractivity contribution in [1.29, 1.82) is 0 Å². The number of nitrogens with zero attached hydrogens (tertiary/aromatic N) is 2. The molecule has 1 heterocycles. The van der Waals surface area contributed by atoms with Crippen molar-refractivity contribution in [2.75, 3.05) is 14.1 Å². The Bertz CT molecular complexity index is 1200. The van der Waals surface area contributed by atoms with E-state index in [2.05, 4.69) is 15.8 Å². The molecule has 3 rings (SSSR count). The Balaban J connectivity index is 1.63. The molecule has 31 heavy (non-hydrogen) atoms. The molecule has 0 bridgehead atoms. The highest BCUT2D eigenvalue weighted by Gasteiger charge is 2.19. The molecule has 2 N–H and O–H groups in total. The second-order valence-corrected chi connectivity index (χ2v) is 9.03. The molecule has 0 aliphatic carbocycles. The van der Waals surface area contributed by atoms with E-state index in [1.165, 1.54) is 38.4 Å². The summed E-state index contributed by atoms with van der Waals surface area (Å²) < 4.78 is 31.1. The molecule has 0 fully saturated rings. The lowest BCUT2D eigenvalue weighted by molar-refractivity contribution is -0.121. The summed E-state index contributed by atoms with van der Waals surface area (Å²) in [5.41, 5.74) is 5.91. The Morgan fingerprint density at radius 2 is 1.74 bits per heavy atom. The number of oxazole rings is 1. The summed E-state index contributed by atoms with van der Waals surface area (Å²) >= 11 is 0. The van der Waals surface area contributed by atoms with Gasteiger partial charge in [-0.05, 0) is 37.3 Å². The number of aromatic nitrogens is 1. The first-order chi connectivity index (χ1) is 14.7. The fraction of sp³-hybridized carbons (Fsp3) is 0.190. The SMILES string of the molecule is Cc1oc(-c2ccccc2)nc1CC(=O)NNC(=O)c1cccc(S(=O)(=O)N(C)C)c1. The molecule has 0 saturated carbocycles. The van der Waals surface area contributed by atoms with Gasteiger partial charge in [0.2, 0.25) is 21.8 Å². The highest BCUT2D eigenvalue weighted by atomic mass is 32.2. The minimum atomic E-state index is -3.68. The summed E-state index contributed by atoms with van der Waals surface area (Å²) in [5.74, 6) is -0.238. The Morgan fingerprint density at radius 3 is 2.42 bits per heavy atom. The predicted octanol–water partition coefficient (Wildman–Crippen LogP) is 1.90. The molecule has 9 nitrogen and oxygen atoms in total. The van der Waals surface area contributed by atoms with E-state index in [-0.39, 0.29) is 16.9 Å². The van der Waals surface area contributed by atoms with Crippen molar-refractivity contribution < 1.29 is 22.4 Å². The monoisotopic (exact) mass is 442 g/mol. The second-order valence-electron chi connectivity index (χ2n) is 6.88. The van der Waals surface area contributed by atoms with Crippen LogP contribution in [-0.2, 0) is 21.2 Å². The fourth-order valence-corrected chi connectivity index (χ4v) is 3.65.